The monoisotopic (exact) mass is 190 g/mol. The van der Waals surface area contributed by atoms with Gasteiger partial charge in [0.1, 0.15) is 0 Å². The second kappa shape index (κ2) is 6.39. The summed E-state index contributed by atoms with van der Waals surface area (Å²) in [5.74, 6) is 0. The molecule has 1 aromatic carbocycles. The maximum atomic E-state index is 8.78. The lowest BCUT2D eigenvalue weighted by molar-refractivity contribution is 0.331. The fourth-order valence-corrected chi connectivity index (χ4v) is 1.36. The van der Waals surface area contributed by atoms with Gasteiger partial charge in [-0.15, -0.1) is 0 Å². The van der Waals surface area contributed by atoms with Crippen molar-refractivity contribution in [2.24, 2.45) is 0 Å². The third kappa shape index (κ3) is 4.24. The van der Waals surface area contributed by atoms with Crippen LogP contribution in [0.1, 0.15) is 25.3 Å². The predicted molar refractivity (Wildman–Crippen MR) is 60.2 cm³/mol. The van der Waals surface area contributed by atoms with E-state index in [0.29, 0.717) is 0 Å². The SMILES string of the molecule is C/C(=C\CCCc1ccccc1)CO. The number of aliphatic hydroxyl groups is 1. The van der Waals surface area contributed by atoms with Crippen molar-refractivity contribution in [1.29, 1.82) is 0 Å². The number of rotatable bonds is 5. The third-order valence-electron chi connectivity index (χ3n) is 2.25. The Morgan fingerprint density at radius 3 is 2.64 bits per heavy atom. The highest BCUT2D eigenvalue weighted by atomic mass is 16.3. The quantitative estimate of drug-likeness (QED) is 0.559. The Kier molecular flexibility index (Phi) is 5.02. The van der Waals surface area contributed by atoms with Crippen molar-refractivity contribution in [2.75, 3.05) is 6.61 Å². The number of hydrogen-bond acceptors (Lipinski definition) is 1. The molecular weight excluding hydrogens is 172 g/mol. The zero-order valence-electron chi connectivity index (χ0n) is 8.74. The molecule has 76 valence electrons. The van der Waals surface area contributed by atoms with Crippen molar-refractivity contribution in [1.82, 2.24) is 0 Å². The predicted octanol–water partition coefficient (Wildman–Crippen LogP) is 2.95. The van der Waals surface area contributed by atoms with E-state index in [9.17, 15) is 0 Å². The normalized spacial score (nSPS) is 11.7. The summed E-state index contributed by atoms with van der Waals surface area (Å²) in [6.07, 6.45) is 5.45. The average molecular weight is 190 g/mol. The summed E-state index contributed by atoms with van der Waals surface area (Å²) in [5.41, 5.74) is 2.46. The van der Waals surface area contributed by atoms with E-state index in [1.807, 2.05) is 13.0 Å². The largest absolute Gasteiger partial charge is 0.392 e. The van der Waals surface area contributed by atoms with Crippen LogP contribution in [-0.4, -0.2) is 11.7 Å². The Bertz CT molecular complexity index is 275. The molecule has 14 heavy (non-hydrogen) atoms. The molecule has 1 aromatic rings. The number of aryl methyl sites for hydroxylation is 1. The lowest BCUT2D eigenvalue weighted by Crippen LogP contribution is -1.86. The molecule has 1 nitrogen and oxygen atoms in total. The van der Waals surface area contributed by atoms with E-state index in [2.05, 4.69) is 30.3 Å². The maximum absolute atomic E-state index is 8.78. The Balaban J connectivity index is 2.23. The third-order valence-corrected chi connectivity index (χ3v) is 2.25. The van der Waals surface area contributed by atoms with Gasteiger partial charge in [-0.1, -0.05) is 42.0 Å². The van der Waals surface area contributed by atoms with Crippen molar-refractivity contribution in [2.45, 2.75) is 26.2 Å². The summed E-state index contributed by atoms with van der Waals surface area (Å²) >= 11 is 0. The molecule has 1 heteroatoms. The van der Waals surface area contributed by atoms with Gasteiger partial charge in [0.15, 0.2) is 0 Å². The minimum atomic E-state index is 0.186. The highest BCUT2D eigenvalue weighted by Gasteiger charge is 1.90. The Labute approximate surface area is 86.1 Å². The molecule has 0 fully saturated rings. The van der Waals surface area contributed by atoms with Gasteiger partial charge in [-0.05, 0) is 31.7 Å². The number of hydrogen-bond donors (Lipinski definition) is 1. The van der Waals surface area contributed by atoms with Crippen molar-refractivity contribution in [3.05, 3.63) is 47.5 Å². The maximum Gasteiger partial charge on any atom is 0.0639 e. The van der Waals surface area contributed by atoms with Gasteiger partial charge < -0.3 is 5.11 Å². The van der Waals surface area contributed by atoms with Gasteiger partial charge in [0.2, 0.25) is 0 Å². The van der Waals surface area contributed by atoms with Gasteiger partial charge in [-0.3, -0.25) is 0 Å². The lowest BCUT2D eigenvalue weighted by Gasteiger charge is -1.99. The van der Waals surface area contributed by atoms with E-state index in [0.717, 1.165) is 24.8 Å². The number of allylic oxidation sites excluding steroid dienone is 1. The molecule has 0 unspecified atom stereocenters. The van der Waals surface area contributed by atoms with Gasteiger partial charge in [-0.2, -0.15) is 0 Å². The first kappa shape index (κ1) is 11.0. The van der Waals surface area contributed by atoms with E-state index >= 15 is 0 Å². The molecule has 0 bridgehead atoms. The molecule has 0 heterocycles. The Morgan fingerprint density at radius 1 is 1.29 bits per heavy atom. The summed E-state index contributed by atoms with van der Waals surface area (Å²) in [5, 5.41) is 8.78. The number of unbranched alkanes of at least 4 members (excludes halogenated alkanes) is 1. The van der Waals surface area contributed by atoms with Crippen LogP contribution < -0.4 is 0 Å². The Morgan fingerprint density at radius 2 is 2.00 bits per heavy atom. The smallest absolute Gasteiger partial charge is 0.0639 e. The highest BCUT2D eigenvalue weighted by molar-refractivity contribution is 5.14. The minimum absolute atomic E-state index is 0.186. The van der Waals surface area contributed by atoms with Crippen molar-refractivity contribution < 1.29 is 5.11 Å². The topological polar surface area (TPSA) is 20.2 Å². The van der Waals surface area contributed by atoms with Crippen molar-refractivity contribution in [3.63, 3.8) is 0 Å². The van der Waals surface area contributed by atoms with Gasteiger partial charge in [0.25, 0.3) is 0 Å². The number of benzene rings is 1. The Hall–Kier alpha value is -1.08. The molecule has 1 rings (SSSR count). The van der Waals surface area contributed by atoms with E-state index in [1.54, 1.807) is 0 Å². The fourth-order valence-electron chi connectivity index (χ4n) is 1.36. The van der Waals surface area contributed by atoms with Crippen LogP contribution in [0.4, 0.5) is 0 Å². The highest BCUT2D eigenvalue weighted by Crippen LogP contribution is 2.05. The molecule has 0 aliphatic rings. The van der Waals surface area contributed by atoms with Crippen LogP contribution in [0, 0.1) is 0 Å². The van der Waals surface area contributed by atoms with Gasteiger partial charge in [-0.25, -0.2) is 0 Å². The molecule has 0 saturated heterocycles. The molecule has 0 radical (unpaired) electrons. The molecule has 0 atom stereocenters. The second-order valence-corrected chi connectivity index (χ2v) is 3.59. The van der Waals surface area contributed by atoms with Crippen LogP contribution in [0.3, 0.4) is 0 Å². The first-order valence-electron chi connectivity index (χ1n) is 5.13. The van der Waals surface area contributed by atoms with E-state index in [-0.39, 0.29) is 6.61 Å². The molecule has 0 aliphatic heterocycles. The van der Waals surface area contributed by atoms with Crippen LogP contribution in [-0.2, 0) is 6.42 Å². The summed E-state index contributed by atoms with van der Waals surface area (Å²) in [6.45, 7) is 2.15. The van der Waals surface area contributed by atoms with Crippen LogP contribution >= 0.6 is 0 Å². The molecule has 0 aliphatic carbocycles. The minimum Gasteiger partial charge on any atom is -0.392 e. The van der Waals surface area contributed by atoms with Crippen LogP contribution in [0.5, 0.6) is 0 Å². The molecular formula is C13H18O. The van der Waals surface area contributed by atoms with Crippen molar-refractivity contribution in [3.8, 4) is 0 Å². The standard InChI is InChI=1S/C13H18O/c1-12(11-14)7-5-6-10-13-8-3-2-4-9-13/h2-4,7-9,14H,5-6,10-11H2,1H3/b12-7+. The van der Waals surface area contributed by atoms with Crippen molar-refractivity contribution >= 4 is 0 Å². The van der Waals surface area contributed by atoms with Gasteiger partial charge >= 0.3 is 0 Å². The van der Waals surface area contributed by atoms with Gasteiger partial charge in [0, 0.05) is 0 Å². The molecule has 1 N–H and O–H groups in total. The van der Waals surface area contributed by atoms with Crippen LogP contribution in [0.25, 0.3) is 0 Å². The molecule has 0 spiro atoms. The van der Waals surface area contributed by atoms with E-state index in [1.165, 1.54) is 5.56 Å². The molecule has 0 aromatic heterocycles. The molecule has 0 saturated carbocycles. The first-order chi connectivity index (χ1) is 6.83. The lowest BCUT2D eigenvalue weighted by atomic mass is 10.1. The van der Waals surface area contributed by atoms with Gasteiger partial charge in [0.05, 0.1) is 6.61 Å². The zero-order chi connectivity index (χ0) is 10.2. The molecule has 0 amide bonds. The average Bonchev–Trinajstić information content (AvgIpc) is 2.25. The summed E-state index contributed by atoms with van der Waals surface area (Å²) < 4.78 is 0. The van der Waals surface area contributed by atoms with Crippen LogP contribution in [0.15, 0.2) is 42.0 Å². The zero-order valence-corrected chi connectivity index (χ0v) is 8.74. The van der Waals surface area contributed by atoms with Crippen LogP contribution in [0.2, 0.25) is 0 Å². The summed E-state index contributed by atoms with van der Waals surface area (Å²) in [6, 6.07) is 10.5. The summed E-state index contributed by atoms with van der Waals surface area (Å²) in [4.78, 5) is 0. The van der Waals surface area contributed by atoms with E-state index < -0.39 is 0 Å². The fraction of sp³-hybridized carbons (Fsp3) is 0.385. The second-order valence-electron chi connectivity index (χ2n) is 3.59. The summed E-state index contributed by atoms with van der Waals surface area (Å²) in [7, 11) is 0. The first-order valence-corrected chi connectivity index (χ1v) is 5.13. The van der Waals surface area contributed by atoms with E-state index in [4.69, 9.17) is 5.11 Å². The number of aliphatic hydroxyl groups excluding tert-OH is 1.